The van der Waals surface area contributed by atoms with Crippen LogP contribution in [-0.2, 0) is 0 Å². The van der Waals surface area contributed by atoms with Crippen LogP contribution in [0, 0.1) is 11.7 Å². The van der Waals surface area contributed by atoms with Crippen LogP contribution in [-0.4, -0.2) is 37.7 Å². The summed E-state index contributed by atoms with van der Waals surface area (Å²) in [5, 5.41) is 2.76. The summed E-state index contributed by atoms with van der Waals surface area (Å²) >= 11 is 1.22. The fourth-order valence-electron chi connectivity index (χ4n) is 3.04. The van der Waals surface area contributed by atoms with E-state index in [1.807, 2.05) is 0 Å². The number of aliphatic imine (C=N–C) groups is 1. The highest BCUT2D eigenvalue weighted by molar-refractivity contribution is 7.98. The number of fused-ring (bicyclic) bond motifs is 1. The average Bonchev–Trinajstić information content (AvgIpc) is 3.38. The molecule has 4 nitrogen and oxygen atoms in total. The molecule has 2 heterocycles. The number of hydrogen-bond donors (Lipinski definition) is 2. The van der Waals surface area contributed by atoms with Crippen molar-refractivity contribution in [2.45, 2.75) is 30.0 Å². The first-order valence-electron chi connectivity index (χ1n) is 7.82. The van der Waals surface area contributed by atoms with E-state index in [4.69, 9.17) is 0 Å². The summed E-state index contributed by atoms with van der Waals surface area (Å²) in [5.74, 6) is 0.562. The highest BCUT2D eigenvalue weighted by Crippen LogP contribution is 2.45. The van der Waals surface area contributed by atoms with E-state index in [1.165, 1.54) is 29.0 Å². The lowest BCUT2D eigenvalue weighted by molar-refractivity contribution is -0.149. The third kappa shape index (κ3) is 2.95. The van der Waals surface area contributed by atoms with E-state index in [1.54, 1.807) is 0 Å². The van der Waals surface area contributed by atoms with Crippen molar-refractivity contribution in [2.75, 3.05) is 24.5 Å². The van der Waals surface area contributed by atoms with Gasteiger partial charge in [-0.25, -0.2) is 9.38 Å². The first-order chi connectivity index (χ1) is 11.4. The second-order valence-corrected chi connectivity index (χ2v) is 7.05. The van der Waals surface area contributed by atoms with Crippen molar-refractivity contribution < 1.29 is 17.6 Å². The molecule has 1 aliphatic carbocycles. The number of alkyl halides is 3. The van der Waals surface area contributed by atoms with E-state index >= 15 is 0 Å². The summed E-state index contributed by atoms with van der Waals surface area (Å²) in [5.41, 5.74) is 0.666. The minimum atomic E-state index is -4.39. The van der Waals surface area contributed by atoms with E-state index in [9.17, 15) is 17.6 Å². The lowest BCUT2D eigenvalue weighted by atomic mass is 10.1. The molecule has 24 heavy (non-hydrogen) atoms. The Balaban J connectivity index is 1.78. The maximum Gasteiger partial charge on any atom is 0.409 e. The van der Waals surface area contributed by atoms with Crippen LogP contribution in [0.2, 0.25) is 0 Å². The fourth-order valence-corrected chi connectivity index (χ4v) is 3.88. The summed E-state index contributed by atoms with van der Waals surface area (Å²) in [7, 11) is 0. The molecule has 9 heteroatoms. The standard InChI is InChI=1S/C15H16F4N4S/c16-9-5-10(23-4-3-20-7-12(23)15(17,18)19)13-11(6-9)24-22-14(21-13)8-1-2-8/h5-6,8,12,20H,1-4,7H2,(H,21,22)/t12-/m1/s1. The number of benzene rings is 1. The Labute approximate surface area is 140 Å². The van der Waals surface area contributed by atoms with Gasteiger partial charge in [-0.2, -0.15) is 13.2 Å². The molecule has 1 saturated heterocycles. The van der Waals surface area contributed by atoms with Gasteiger partial charge in [-0.05, 0) is 36.9 Å². The molecule has 0 spiro atoms. The van der Waals surface area contributed by atoms with Crippen molar-refractivity contribution >= 4 is 29.2 Å². The van der Waals surface area contributed by atoms with Gasteiger partial charge in [0.25, 0.3) is 0 Å². The Morgan fingerprint density at radius 3 is 2.75 bits per heavy atom. The average molecular weight is 360 g/mol. The Bertz CT molecular complexity index is 687. The van der Waals surface area contributed by atoms with Gasteiger partial charge in [0.2, 0.25) is 0 Å². The number of rotatable bonds is 2. The number of amidine groups is 1. The molecule has 0 bridgehead atoms. The van der Waals surface area contributed by atoms with E-state index < -0.39 is 18.0 Å². The molecule has 130 valence electrons. The van der Waals surface area contributed by atoms with Crippen molar-refractivity contribution in [1.82, 2.24) is 10.0 Å². The zero-order valence-electron chi connectivity index (χ0n) is 12.7. The van der Waals surface area contributed by atoms with Gasteiger partial charge < -0.3 is 14.9 Å². The largest absolute Gasteiger partial charge is 0.409 e. The second kappa shape index (κ2) is 5.80. The summed E-state index contributed by atoms with van der Waals surface area (Å²) < 4.78 is 57.3. The van der Waals surface area contributed by atoms with Gasteiger partial charge in [-0.15, -0.1) is 0 Å². The highest BCUT2D eigenvalue weighted by Gasteiger charge is 2.45. The normalized spacial score (nSPS) is 24.2. The molecule has 0 radical (unpaired) electrons. The van der Waals surface area contributed by atoms with Crippen LogP contribution < -0.4 is 14.9 Å². The second-order valence-electron chi connectivity index (χ2n) is 6.20. The van der Waals surface area contributed by atoms with Gasteiger partial charge in [0.05, 0.1) is 10.6 Å². The molecule has 1 aromatic carbocycles. The summed E-state index contributed by atoms with van der Waals surface area (Å²) in [6, 6.07) is 0.800. The van der Waals surface area contributed by atoms with Crippen LogP contribution in [0.25, 0.3) is 0 Å². The molecule has 1 saturated carbocycles. The Morgan fingerprint density at radius 2 is 2.04 bits per heavy atom. The lowest BCUT2D eigenvalue weighted by Gasteiger charge is -2.39. The van der Waals surface area contributed by atoms with Crippen molar-refractivity contribution in [1.29, 1.82) is 0 Å². The number of hydrogen-bond acceptors (Lipinski definition) is 5. The van der Waals surface area contributed by atoms with Gasteiger partial charge in [0, 0.05) is 25.6 Å². The van der Waals surface area contributed by atoms with Gasteiger partial charge >= 0.3 is 6.18 Å². The molecule has 2 aliphatic heterocycles. The monoisotopic (exact) mass is 360 g/mol. The van der Waals surface area contributed by atoms with Gasteiger partial charge in [0.1, 0.15) is 23.4 Å². The van der Waals surface area contributed by atoms with Crippen molar-refractivity contribution in [3.63, 3.8) is 0 Å². The molecule has 2 fully saturated rings. The molecule has 3 aliphatic rings. The van der Waals surface area contributed by atoms with Crippen LogP contribution in [0.3, 0.4) is 0 Å². The summed E-state index contributed by atoms with van der Waals surface area (Å²) in [4.78, 5) is 6.29. The summed E-state index contributed by atoms with van der Waals surface area (Å²) in [6.45, 7) is 0.369. The number of nitrogens with one attached hydrogen (secondary N) is 2. The van der Waals surface area contributed by atoms with E-state index in [0.29, 0.717) is 23.0 Å². The maximum absolute atomic E-state index is 14.0. The fraction of sp³-hybridized carbons (Fsp3) is 0.533. The number of anilines is 1. The van der Waals surface area contributed by atoms with Crippen molar-refractivity contribution in [3.05, 3.63) is 17.9 Å². The molecule has 0 unspecified atom stereocenters. The van der Waals surface area contributed by atoms with Gasteiger partial charge in [0.15, 0.2) is 0 Å². The minimum Gasteiger partial charge on any atom is -0.356 e. The van der Waals surface area contributed by atoms with Gasteiger partial charge in [-0.3, -0.25) is 0 Å². The number of piperazine rings is 1. The molecule has 4 rings (SSSR count). The van der Waals surface area contributed by atoms with Gasteiger partial charge in [-0.1, -0.05) is 0 Å². The zero-order valence-corrected chi connectivity index (χ0v) is 13.5. The molecular weight excluding hydrogens is 344 g/mol. The van der Waals surface area contributed by atoms with Crippen LogP contribution >= 0.6 is 11.9 Å². The zero-order chi connectivity index (χ0) is 16.9. The van der Waals surface area contributed by atoms with Crippen LogP contribution in [0.4, 0.5) is 28.9 Å². The quantitative estimate of drug-likeness (QED) is 0.628. The summed E-state index contributed by atoms with van der Waals surface area (Å²) in [6.07, 6.45) is -2.34. The molecule has 1 atom stereocenters. The number of nitrogens with zero attached hydrogens (tertiary/aromatic N) is 2. The molecule has 1 aromatic rings. The molecule has 0 aromatic heterocycles. The van der Waals surface area contributed by atoms with Crippen LogP contribution in [0.15, 0.2) is 22.0 Å². The SMILES string of the molecule is Fc1cc2c(c(N3CCNC[C@@H]3C(F)(F)F)c1)N=C(C1CC1)NS2. The van der Waals surface area contributed by atoms with Crippen LogP contribution in [0.1, 0.15) is 12.8 Å². The topological polar surface area (TPSA) is 39.7 Å². The first-order valence-corrected chi connectivity index (χ1v) is 8.64. The lowest BCUT2D eigenvalue weighted by Crippen LogP contribution is -2.58. The molecule has 2 N–H and O–H groups in total. The Hall–Kier alpha value is -1.48. The predicted molar refractivity (Wildman–Crippen MR) is 85.3 cm³/mol. The van der Waals surface area contributed by atoms with Crippen LogP contribution in [0.5, 0.6) is 0 Å². The molecule has 0 amide bonds. The predicted octanol–water partition coefficient (Wildman–Crippen LogP) is 3.22. The maximum atomic E-state index is 14.0. The van der Waals surface area contributed by atoms with Crippen molar-refractivity contribution in [3.8, 4) is 0 Å². The number of halogens is 4. The third-order valence-electron chi connectivity index (χ3n) is 4.41. The Morgan fingerprint density at radius 1 is 1.25 bits per heavy atom. The van der Waals surface area contributed by atoms with E-state index in [0.717, 1.165) is 18.7 Å². The smallest absolute Gasteiger partial charge is 0.356 e. The first kappa shape index (κ1) is 16.0. The Kier molecular flexibility index (Phi) is 3.87. The minimum absolute atomic E-state index is 0.159. The van der Waals surface area contributed by atoms with E-state index in [2.05, 4.69) is 15.0 Å². The highest BCUT2D eigenvalue weighted by atomic mass is 32.2. The third-order valence-corrected chi connectivity index (χ3v) is 5.25. The van der Waals surface area contributed by atoms with E-state index in [-0.39, 0.29) is 18.8 Å². The molecular formula is C15H16F4N4S. The van der Waals surface area contributed by atoms with Crippen molar-refractivity contribution in [2.24, 2.45) is 10.9 Å².